The van der Waals surface area contributed by atoms with Crippen molar-refractivity contribution in [1.82, 2.24) is 10.6 Å². The van der Waals surface area contributed by atoms with Gasteiger partial charge in [0.05, 0.1) is 17.7 Å². The summed E-state index contributed by atoms with van der Waals surface area (Å²) < 4.78 is 6.40. The van der Waals surface area contributed by atoms with Gasteiger partial charge in [-0.1, -0.05) is 19.1 Å². The van der Waals surface area contributed by atoms with E-state index in [0.717, 1.165) is 18.6 Å². The fraction of sp³-hybridized carbons (Fsp3) is 0.619. The molecule has 6 nitrogen and oxygen atoms in total. The molecule has 4 fully saturated rings. The Kier molecular flexibility index (Phi) is 4.18. The van der Waals surface area contributed by atoms with Crippen LogP contribution in [-0.4, -0.2) is 46.3 Å². The first-order valence-corrected chi connectivity index (χ1v) is 11.2. The molecule has 3 aliphatic carbocycles. The summed E-state index contributed by atoms with van der Waals surface area (Å²) >= 11 is 1.67. The fourth-order valence-corrected chi connectivity index (χ4v) is 6.79. The van der Waals surface area contributed by atoms with E-state index >= 15 is 0 Å². The van der Waals surface area contributed by atoms with E-state index < -0.39 is 11.8 Å². The summed E-state index contributed by atoms with van der Waals surface area (Å²) in [5.74, 6) is 2.01. The molecule has 7 heteroatoms. The second kappa shape index (κ2) is 6.39. The Morgan fingerprint density at radius 1 is 1.36 bits per heavy atom. The van der Waals surface area contributed by atoms with Crippen molar-refractivity contribution in [3.8, 4) is 5.75 Å². The molecule has 1 saturated heterocycles. The first-order valence-electron chi connectivity index (χ1n) is 10.1. The van der Waals surface area contributed by atoms with E-state index in [0.29, 0.717) is 29.9 Å². The maximum atomic E-state index is 13.1. The number of hydrogen-bond acceptors (Lipinski definition) is 5. The third-order valence-electron chi connectivity index (χ3n) is 7.19. The Bertz CT molecular complexity index is 832. The number of ether oxygens (including phenoxy) is 1. The number of carbonyl (C=O) groups excluding carboxylic acids is 2. The molecule has 3 saturated carbocycles. The minimum Gasteiger partial charge on any atom is -0.467 e. The van der Waals surface area contributed by atoms with Crippen LogP contribution in [0.2, 0.25) is 0 Å². The molecule has 1 aromatic rings. The zero-order chi connectivity index (χ0) is 19.5. The van der Waals surface area contributed by atoms with E-state index in [2.05, 4.69) is 17.6 Å². The summed E-state index contributed by atoms with van der Waals surface area (Å²) in [6.07, 6.45) is 2.74. The zero-order valence-electron chi connectivity index (χ0n) is 15.9. The summed E-state index contributed by atoms with van der Waals surface area (Å²) in [4.78, 5) is 25.8. The smallest absolute Gasteiger partial charge is 0.258 e. The van der Waals surface area contributed by atoms with E-state index in [1.54, 1.807) is 17.8 Å². The highest BCUT2D eigenvalue weighted by molar-refractivity contribution is 7.99. The van der Waals surface area contributed by atoms with Gasteiger partial charge in [-0.3, -0.25) is 9.59 Å². The normalized spacial score (nSPS) is 41.3. The number of para-hydroxylation sites is 1. The predicted octanol–water partition coefficient (Wildman–Crippen LogP) is 1.92. The van der Waals surface area contributed by atoms with E-state index in [4.69, 9.17) is 4.74 Å². The first-order chi connectivity index (χ1) is 13.4. The van der Waals surface area contributed by atoms with E-state index in [-0.39, 0.29) is 35.1 Å². The Balaban J connectivity index is 1.38. The van der Waals surface area contributed by atoms with Gasteiger partial charge in [0.15, 0.2) is 5.72 Å². The van der Waals surface area contributed by atoms with Crippen molar-refractivity contribution in [3.63, 3.8) is 0 Å². The lowest BCUT2D eigenvalue weighted by atomic mass is 9.52. The third kappa shape index (κ3) is 2.74. The van der Waals surface area contributed by atoms with Gasteiger partial charge in [0.1, 0.15) is 5.75 Å². The lowest BCUT2D eigenvalue weighted by Gasteiger charge is -2.59. The third-order valence-corrected chi connectivity index (χ3v) is 8.37. The summed E-state index contributed by atoms with van der Waals surface area (Å²) in [5, 5.41) is 16.3. The maximum Gasteiger partial charge on any atom is 0.258 e. The van der Waals surface area contributed by atoms with Crippen molar-refractivity contribution in [3.05, 3.63) is 29.8 Å². The lowest BCUT2D eigenvalue weighted by molar-refractivity contribution is -0.168. The number of carbonyl (C=O) groups is 2. The molecule has 6 atom stereocenters. The van der Waals surface area contributed by atoms with Crippen LogP contribution < -0.4 is 15.4 Å². The summed E-state index contributed by atoms with van der Waals surface area (Å²) in [5.41, 5.74) is -0.394. The summed E-state index contributed by atoms with van der Waals surface area (Å²) in [7, 11) is 0. The van der Waals surface area contributed by atoms with Crippen LogP contribution in [-0.2, 0) is 4.79 Å². The highest BCUT2D eigenvalue weighted by atomic mass is 32.2. The molecule has 1 spiro atoms. The molecule has 3 N–H and O–H groups in total. The Morgan fingerprint density at radius 3 is 2.93 bits per heavy atom. The average molecular weight is 403 g/mol. The van der Waals surface area contributed by atoms with Crippen molar-refractivity contribution >= 4 is 23.6 Å². The van der Waals surface area contributed by atoms with Crippen molar-refractivity contribution < 1.29 is 19.4 Å². The largest absolute Gasteiger partial charge is 0.467 e. The minimum absolute atomic E-state index is 0.0381. The molecule has 6 rings (SSSR count). The van der Waals surface area contributed by atoms with Gasteiger partial charge in [-0.15, -0.1) is 0 Å². The number of hydrogen-bond donors (Lipinski definition) is 3. The van der Waals surface area contributed by atoms with Crippen LogP contribution in [0.4, 0.5) is 0 Å². The van der Waals surface area contributed by atoms with Crippen LogP contribution in [0.1, 0.15) is 43.0 Å². The lowest BCUT2D eigenvalue weighted by Crippen LogP contribution is -2.69. The zero-order valence-corrected chi connectivity index (χ0v) is 16.8. The van der Waals surface area contributed by atoms with Gasteiger partial charge in [0.2, 0.25) is 5.91 Å². The van der Waals surface area contributed by atoms with Crippen LogP contribution in [0.3, 0.4) is 0 Å². The van der Waals surface area contributed by atoms with Gasteiger partial charge in [0.25, 0.3) is 5.91 Å². The molecule has 2 aliphatic heterocycles. The van der Waals surface area contributed by atoms with Gasteiger partial charge in [0, 0.05) is 29.8 Å². The first kappa shape index (κ1) is 18.3. The van der Waals surface area contributed by atoms with Crippen molar-refractivity contribution in [1.29, 1.82) is 0 Å². The van der Waals surface area contributed by atoms with Crippen LogP contribution >= 0.6 is 11.8 Å². The molecule has 2 heterocycles. The molecule has 5 aliphatic rings. The van der Waals surface area contributed by atoms with Crippen LogP contribution in [0.5, 0.6) is 5.75 Å². The second-order valence-electron chi connectivity index (χ2n) is 9.02. The van der Waals surface area contributed by atoms with Gasteiger partial charge >= 0.3 is 0 Å². The molecular weight excluding hydrogens is 376 g/mol. The number of nitrogens with one attached hydrogen (secondary N) is 2. The molecule has 28 heavy (non-hydrogen) atoms. The molecule has 1 aromatic carbocycles. The molecule has 0 radical (unpaired) electrons. The van der Waals surface area contributed by atoms with Crippen molar-refractivity contribution in [2.75, 3.05) is 11.5 Å². The van der Waals surface area contributed by atoms with Gasteiger partial charge in [-0.25, -0.2) is 0 Å². The van der Waals surface area contributed by atoms with Gasteiger partial charge in [-0.05, 0) is 36.8 Å². The molecular formula is C21H26N2O4S. The summed E-state index contributed by atoms with van der Waals surface area (Å²) in [6, 6.07) is 7.19. The molecule has 2 amide bonds. The predicted molar refractivity (Wildman–Crippen MR) is 106 cm³/mol. The summed E-state index contributed by atoms with van der Waals surface area (Å²) in [6.45, 7) is 2.14. The standard InChI is InChI=1S/C21H26N2O4S/c1-20-7-6-12(8-14(20)19(26)22-15-9-28-10-16(15)24)21(11-20)23-18(25)13-4-2-3-5-17(13)27-21/h2-5,12,14-16,24H,6-11H2,1H3,(H,22,26)(H,23,25)/t12-,14+,15+,16-,20+,21-/m0/s1. The quantitative estimate of drug-likeness (QED) is 0.704. The van der Waals surface area contributed by atoms with Gasteiger partial charge in [-0.2, -0.15) is 11.8 Å². The van der Waals surface area contributed by atoms with E-state index in [1.807, 2.05) is 18.2 Å². The number of benzene rings is 1. The van der Waals surface area contributed by atoms with Crippen molar-refractivity contribution in [2.24, 2.45) is 17.3 Å². The molecule has 0 aromatic heterocycles. The van der Waals surface area contributed by atoms with Gasteiger partial charge < -0.3 is 20.5 Å². The van der Waals surface area contributed by atoms with E-state index in [1.165, 1.54) is 0 Å². The number of aliphatic hydroxyl groups excluding tert-OH is 1. The molecule has 150 valence electrons. The van der Waals surface area contributed by atoms with E-state index in [9.17, 15) is 14.7 Å². The number of fused-ring (bicyclic) bond motifs is 3. The van der Waals surface area contributed by atoms with Crippen molar-refractivity contribution in [2.45, 2.75) is 50.5 Å². The minimum atomic E-state index is -0.724. The average Bonchev–Trinajstić information content (AvgIpc) is 3.06. The Morgan fingerprint density at radius 2 is 2.18 bits per heavy atom. The van der Waals surface area contributed by atoms with Crippen LogP contribution in [0.15, 0.2) is 24.3 Å². The second-order valence-corrected chi connectivity index (χ2v) is 10.1. The fourth-order valence-electron chi connectivity index (χ4n) is 5.62. The SMILES string of the molecule is C[C@]12CC[C@@H](C[C@@H]1C(=O)N[C@@H]1CSC[C@@H]1O)[C@@]1(C2)NC(=O)c2ccccc2O1. The Hall–Kier alpha value is -1.73. The highest BCUT2D eigenvalue weighted by Gasteiger charge is 2.62. The maximum absolute atomic E-state index is 13.1. The number of thioether (sulfide) groups is 1. The number of aliphatic hydroxyl groups is 1. The van der Waals surface area contributed by atoms with Crippen LogP contribution in [0.25, 0.3) is 0 Å². The molecule has 2 bridgehead atoms. The monoisotopic (exact) mass is 402 g/mol. The number of rotatable bonds is 2. The Labute approximate surface area is 168 Å². The topological polar surface area (TPSA) is 87.7 Å². The molecule has 0 unspecified atom stereocenters. The number of amides is 2. The highest BCUT2D eigenvalue weighted by Crippen LogP contribution is 2.58. The van der Waals surface area contributed by atoms with Crippen LogP contribution in [0, 0.1) is 17.3 Å².